The Kier molecular flexibility index (Phi) is 3.83. The van der Waals surface area contributed by atoms with Crippen LogP contribution in [-0.4, -0.2) is 7.11 Å². The Morgan fingerprint density at radius 3 is 2.39 bits per heavy atom. The number of methoxy groups -OCH3 is 1. The number of para-hydroxylation sites is 1. The molecule has 0 bridgehead atoms. The predicted octanol–water partition coefficient (Wildman–Crippen LogP) is 3.55. The highest BCUT2D eigenvalue weighted by molar-refractivity contribution is 5.41. The standard InChI is InChI=1S/C15H13NO2/c1-17-14-9-12(7-8-16)10-15(11-14)18-13-5-3-2-4-6-13/h2-6,9-11H,7H2,1H3. The van der Waals surface area contributed by atoms with Crippen molar-refractivity contribution in [1.82, 2.24) is 0 Å². The molecule has 2 aromatic rings. The fourth-order valence-corrected chi connectivity index (χ4v) is 1.63. The highest BCUT2D eigenvalue weighted by Gasteiger charge is 2.03. The number of nitriles is 1. The molecule has 18 heavy (non-hydrogen) atoms. The zero-order valence-electron chi connectivity index (χ0n) is 10.1. The second-order valence-corrected chi connectivity index (χ2v) is 3.77. The molecule has 0 aliphatic heterocycles. The van der Waals surface area contributed by atoms with Crippen LogP contribution in [0.4, 0.5) is 0 Å². The lowest BCUT2D eigenvalue weighted by atomic mass is 10.1. The van der Waals surface area contributed by atoms with E-state index in [1.165, 1.54) is 0 Å². The van der Waals surface area contributed by atoms with E-state index in [0.29, 0.717) is 17.9 Å². The molecule has 0 aliphatic carbocycles. The van der Waals surface area contributed by atoms with Gasteiger partial charge in [0.2, 0.25) is 0 Å². The molecule has 0 N–H and O–H groups in total. The lowest BCUT2D eigenvalue weighted by Gasteiger charge is -2.09. The van der Waals surface area contributed by atoms with E-state index < -0.39 is 0 Å². The summed E-state index contributed by atoms with van der Waals surface area (Å²) in [4.78, 5) is 0. The summed E-state index contributed by atoms with van der Waals surface area (Å²) < 4.78 is 10.9. The van der Waals surface area contributed by atoms with Gasteiger partial charge in [-0.1, -0.05) is 18.2 Å². The van der Waals surface area contributed by atoms with Gasteiger partial charge in [-0.25, -0.2) is 0 Å². The van der Waals surface area contributed by atoms with E-state index in [1.54, 1.807) is 13.2 Å². The smallest absolute Gasteiger partial charge is 0.131 e. The fraction of sp³-hybridized carbons (Fsp3) is 0.133. The number of ether oxygens (including phenoxy) is 2. The monoisotopic (exact) mass is 239 g/mol. The van der Waals surface area contributed by atoms with E-state index in [1.807, 2.05) is 42.5 Å². The SMILES string of the molecule is COc1cc(CC#N)cc(Oc2ccccc2)c1. The zero-order chi connectivity index (χ0) is 12.8. The van der Waals surface area contributed by atoms with Gasteiger partial charge in [0, 0.05) is 6.07 Å². The van der Waals surface area contributed by atoms with Crippen molar-refractivity contribution in [2.24, 2.45) is 0 Å². The Bertz CT molecular complexity index is 558. The van der Waals surface area contributed by atoms with Gasteiger partial charge in [0.15, 0.2) is 0 Å². The minimum Gasteiger partial charge on any atom is -0.497 e. The molecule has 0 aliphatic rings. The molecule has 0 aromatic heterocycles. The molecule has 0 heterocycles. The summed E-state index contributed by atoms with van der Waals surface area (Å²) in [7, 11) is 1.60. The fourth-order valence-electron chi connectivity index (χ4n) is 1.63. The summed E-state index contributed by atoms with van der Waals surface area (Å²) in [6.07, 6.45) is 0.336. The summed E-state index contributed by atoms with van der Waals surface area (Å²) in [6.45, 7) is 0. The maximum absolute atomic E-state index is 8.73. The molecule has 90 valence electrons. The summed E-state index contributed by atoms with van der Waals surface area (Å²) in [6, 6.07) is 17.1. The molecule has 0 spiro atoms. The van der Waals surface area contributed by atoms with E-state index in [4.69, 9.17) is 14.7 Å². The van der Waals surface area contributed by atoms with Crippen LogP contribution in [0.5, 0.6) is 17.2 Å². The van der Waals surface area contributed by atoms with Crippen molar-refractivity contribution in [1.29, 1.82) is 5.26 Å². The number of rotatable bonds is 4. The van der Waals surface area contributed by atoms with Crippen LogP contribution < -0.4 is 9.47 Å². The van der Waals surface area contributed by atoms with E-state index in [0.717, 1.165) is 11.3 Å². The van der Waals surface area contributed by atoms with Crippen LogP contribution >= 0.6 is 0 Å². The minimum absolute atomic E-state index is 0.336. The van der Waals surface area contributed by atoms with Crippen molar-refractivity contribution in [2.45, 2.75) is 6.42 Å². The topological polar surface area (TPSA) is 42.2 Å². The Morgan fingerprint density at radius 2 is 1.72 bits per heavy atom. The van der Waals surface area contributed by atoms with Crippen LogP contribution in [0.3, 0.4) is 0 Å². The zero-order valence-corrected chi connectivity index (χ0v) is 10.1. The van der Waals surface area contributed by atoms with Gasteiger partial charge in [-0.3, -0.25) is 0 Å². The second kappa shape index (κ2) is 5.74. The van der Waals surface area contributed by atoms with Crippen LogP contribution in [-0.2, 0) is 6.42 Å². The van der Waals surface area contributed by atoms with Gasteiger partial charge in [0.25, 0.3) is 0 Å². The third-order valence-electron chi connectivity index (χ3n) is 2.44. The van der Waals surface area contributed by atoms with Crippen LogP contribution in [0, 0.1) is 11.3 Å². The third kappa shape index (κ3) is 3.02. The maximum Gasteiger partial charge on any atom is 0.131 e. The van der Waals surface area contributed by atoms with E-state index >= 15 is 0 Å². The summed E-state index contributed by atoms with van der Waals surface area (Å²) >= 11 is 0. The molecule has 0 amide bonds. The molecule has 0 radical (unpaired) electrons. The van der Waals surface area contributed by atoms with Crippen LogP contribution in [0.25, 0.3) is 0 Å². The normalized spacial score (nSPS) is 9.56. The number of hydrogen-bond donors (Lipinski definition) is 0. The Balaban J connectivity index is 2.27. The average Bonchev–Trinajstić information content (AvgIpc) is 2.40. The van der Waals surface area contributed by atoms with Gasteiger partial charge in [0.1, 0.15) is 17.2 Å². The van der Waals surface area contributed by atoms with Crippen LogP contribution in [0.2, 0.25) is 0 Å². The third-order valence-corrected chi connectivity index (χ3v) is 2.44. The molecule has 0 fully saturated rings. The molecular formula is C15H13NO2. The van der Waals surface area contributed by atoms with Gasteiger partial charge in [-0.05, 0) is 29.8 Å². The lowest BCUT2D eigenvalue weighted by Crippen LogP contribution is -1.90. The average molecular weight is 239 g/mol. The van der Waals surface area contributed by atoms with Gasteiger partial charge in [-0.2, -0.15) is 5.26 Å². The molecular weight excluding hydrogens is 226 g/mol. The first kappa shape index (κ1) is 12.0. The van der Waals surface area contributed by atoms with Gasteiger partial charge < -0.3 is 9.47 Å². The number of nitrogens with zero attached hydrogens (tertiary/aromatic N) is 1. The molecule has 0 unspecified atom stereocenters. The molecule has 0 saturated carbocycles. The number of hydrogen-bond acceptors (Lipinski definition) is 3. The molecule has 0 saturated heterocycles. The lowest BCUT2D eigenvalue weighted by molar-refractivity contribution is 0.408. The quantitative estimate of drug-likeness (QED) is 0.819. The van der Waals surface area contributed by atoms with Crippen molar-refractivity contribution in [2.75, 3.05) is 7.11 Å². The van der Waals surface area contributed by atoms with Gasteiger partial charge >= 0.3 is 0 Å². The molecule has 2 rings (SSSR count). The first-order valence-electron chi connectivity index (χ1n) is 5.59. The molecule has 0 atom stereocenters. The highest BCUT2D eigenvalue weighted by atomic mass is 16.5. The first-order chi connectivity index (χ1) is 8.81. The maximum atomic E-state index is 8.73. The van der Waals surface area contributed by atoms with Crippen molar-refractivity contribution >= 4 is 0 Å². The first-order valence-corrected chi connectivity index (χ1v) is 5.59. The molecule has 2 aromatic carbocycles. The van der Waals surface area contributed by atoms with Crippen molar-refractivity contribution in [3.8, 4) is 23.3 Å². The van der Waals surface area contributed by atoms with Crippen molar-refractivity contribution in [3.05, 3.63) is 54.1 Å². The summed E-state index contributed by atoms with van der Waals surface area (Å²) in [5, 5.41) is 8.73. The summed E-state index contributed by atoms with van der Waals surface area (Å²) in [5.41, 5.74) is 0.878. The molecule has 3 nitrogen and oxygen atoms in total. The largest absolute Gasteiger partial charge is 0.497 e. The van der Waals surface area contributed by atoms with E-state index in [-0.39, 0.29) is 0 Å². The van der Waals surface area contributed by atoms with Gasteiger partial charge in [-0.15, -0.1) is 0 Å². The van der Waals surface area contributed by atoms with Crippen molar-refractivity contribution in [3.63, 3.8) is 0 Å². The predicted molar refractivity (Wildman–Crippen MR) is 68.8 cm³/mol. The van der Waals surface area contributed by atoms with E-state index in [2.05, 4.69) is 6.07 Å². The van der Waals surface area contributed by atoms with Crippen molar-refractivity contribution < 1.29 is 9.47 Å². The minimum atomic E-state index is 0.336. The van der Waals surface area contributed by atoms with Gasteiger partial charge in [0.05, 0.1) is 19.6 Å². The van der Waals surface area contributed by atoms with Crippen LogP contribution in [0.1, 0.15) is 5.56 Å². The molecule has 3 heteroatoms. The second-order valence-electron chi connectivity index (χ2n) is 3.77. The van der Waals surface area contributed by atoms with Crippen LogP contribution in [0.15, 0.2) is 48.5 Å². The Hall–Kier alpha value is -2.47. The number of benzene rings is 2. The highest BCUT2D eigenvalue weighted by Crippen LogP contribution is 2.27. The Labute approximate surface area is 106 Å². The van der Waals surface area contributed by atoms with E-state index in [9.17, 15) is 0 Å². The summed E-state index contributed by atoms with van der Waals surface area (Å²) in [5.74, 6) is 2.12. The Morgan fingerprint density at radius 1 is 1.00 bits per heavy atom.